The fourth-order valence-corrected chi connectivity index (χ4v) is 3.02. The Balaban J connectivity index is 1.72. The van der Waals surface area contributed by atoms with Crippen molar-refractivity contribution in [3.8, 4) is 11.5 Å². The van der Waals surface area contributed by atoms with E-state index in [1.54, 1.807) is 0 Å². The molecular formula is C19H19FO3. The molecule has 0 heterocycles. The van der Waals surface area contributed by atoms with Crippen molar-refractivity contribution < 1.29 is 18.7 Å². The molecule has 2 aromatic carbocycles. The summed E-state index contributed by atoms with van der Waals surface area (Å²) in [6.07, 6.45) is 5.06. The third kappa shape index (κ3) is 3.52. The Morgan fingerprint density at radius 2 is 1.78 bits per heavy atom. The topological polar surface area (TPSA) is 35.5 Å². The molecule has 3 nitrogen and oxygen atoms in total. The molecule has 4 heteroatoms. The van der Waals surface area contributed by atoms with Gasteiger partial charge in [-0.2, -0.15) is 0 Å². The molecule has 23 heavy (non-hydrogen) atoms. The zero-order chi connectivity index (χ0) is 16.2. The Hall–Kier alpha value is -2.36. The van der Waals surface area contributed by atoms with Gasteiger partial charge in [0.2, 0.25) is 0 Å². The summed E-state index contributed by atoms with van der Waals surface area (Å²) in [5, 5.41) is 0. The van der Waals surface area contributed by atoms with E-state index in [-0.39, 0.29) is 11.3 Å². The minimum Gasteiger partial charge on any atom is -0.465 e. The molecule has 0 unspecified atom stereocenters. The van der Waals surface area contributed by atoms with Crippen LogP contribution in [0.1, 0.15) is 47.5 Å². The molecule has 0 atom stereocenters. The lowest BCUT2D eigenvalue weighted by atomic mass is 9.98. The first-order valence-electron chi connectivity index (χ1n) is 7.83. The van der Waals surface area contributed by atoms with Crippen LogP contribution >= 0.6 is 0 Å². The summed E-state index contributed by atoms with van der Waals surface area (Å²) in [6.45, 7) is 0. The standard InChI is InChI=1S/C19H19FO3/c1-22-19(21)15-8-11-18(17(20)12-15)23-16-9-6-14(7-10-16)13-4-2-3-5-13/h6-13H,2-5H2,1H3. The molecule has 0 aliphatic heterocycles. The van der Waals surface area contributed by atoms with Crippen molar-refractivity contribution in [1.29, 1.82) is 0 Å². The monoisotopic (exact) mass is 314 g/mol. The third-order valence-corrected chi connectivity index (χ3v) is 4.29. The number of ether oxygens (including phenoxy) is 2. The van der Waals surface area contributed by atoms with Crippen molar-refractivity contribution in [1.82, 2.24) is 0 Å². The highest BCUT2D eigenvalue weighted by atomic mass is 19.1. The predicted octanol–water partition coefficient (Wildman–Crippen LogP) is 5.06. The molecule has 0 aromatic heterocycles. The number of esters is 1. The molecule has 1 saturated carbocycles. The van der Waals surface area contributed by atoms with E-state index in [9.17, 15) is 9.18 Å². The molecule has 1 aliphatic rings. The summed E-state index contributed by atoms with van der Waals surface area (Å²) in [4.78, 5) is 11.4. The highest BCUT2D eigenvalue weighted by Crippen LogP contribution is 2.35. The van der Waals surface area contributed by atoms with Crippen LogP contribution in [0.4, 0.5) is 4.39 Å². The lowest BCUT2D eigenvalue weighted by Gasteiger charge is -2.11. The second-order valence-corrected chi connectivity index (χ2v) is 5.79. The van der Waals surface area contributed by atoms with Crippen molar-refractivity contribution in [3.63, 3.8) is 0 Å². The molecule has 0 spiro atoms. The van der Waals surface area contributed by atoms with Crippen LogP contribution in [0.3, 0.4) is 0 Å². The van der Waals surface area contributed by atoms with E-state index in [4.69, 9.17) is 4.74 Å². The van der Waals surface area contributed by atoms with E-state index in [1.807, 2.05) is 24.3 Å². The Morgan fingerprint density at radius 1 is 1.09 bits per heavy atom. The average molecular weight is 314 g/mol. The van der Waals surface area contributed by atoms with Crippen LogP contribution in [0.5, 0.6) is 11.5 Å². The van der Waals surface area contributed by atoms with Gasteiger partial charge in [0.25, 0.3) is 0 Å². The van der Waals surface area contributed by atoms with Gasteiger partial charge in [-0.3, -0.25) is 0 Å². The number of rotatable bonds is 4. The SMILES string of the molecule is COC(=O)c1ccc(Oc2ccc(C3CCCC3)cc2)c(F)c1. The van der Waals surface area contributed by atoms with Crippen LogP contribution in [0.25, 0.3) is 0 Å². The first-order chi connectivity index (χ1) is 11.2. The summed E-state index contributed by atoms with van der Waals surface area (Å²) in [5.41, 5.74) is 1.48. The summed E-state index contributed by atoms with van der Waals surface area (Å²) < 4.78 is 24.2. The van der Waals surface area contributed by atoms with E-state index in [1.165, 1.54) is 50.5 Å². The highest BCUT2D eigenvalue weighted by molar-refractivity contribution is 5.89. The number of hydrogen-bond acceptors (Lipinski definition) is 3. The van der Waals surface area contributed by atoms with Gasteiger partial charge in [0.05, 0.1) is 12.7 Å². The van der Waals surface area contributed by atoms with Gasteiger partial charge >= 0.3 is 5.97 Å². The number of methoxy groups -OCH3 is 1. The Bertz CT molecular complexity index is 688. The molecular weight excluding hydrogens is 295 g/mol. The lowest BCUT2D eigenvalue weighted by molar-refractivity contribution is 0.0600. The van der Waals surface area contributed by atoms with Crippen LogP contribution in [0.15, 0.2) is 42.5 Å². The molecule has 1 fully saturated rings. The molecule has 0 bridgehead atoms. The largest absolute Gasteiger partial charge is 0.465 e. The van der Waals surface area contributed by atoms with Crippen molar-refractivity contribution in [2.24, 2.45) is 0 Å². The van der Waals surface area contributed by atoms with Gasteiger partial charge in [-0.15, -0.1) is 0 Å². The van der Waals surface area contributed by atoms with E-state index in [0.29, 0.717) is 11.7 Å². The van der Waals surface area contributed by atoms with Gasteiger partial charge in [-0.05, 0) is 54.7 Å². The Labute approximate surface area is 135 Å². The number of carbonyl (C=O) groups excluding carboxylic acids is 1. The Kier molecular flexibility index (Phi) is 4.60. The third-order valence-electron chi connectivity index (χ3n) is 4.29. The molecule has 0 radical (unpaired) electrons. The Morgan fingerprint density at radius 3 is 2.39 bits per heavy atom. The first-order valence-corrected chi connectivity index (χ1v) is 7.83. The molecule has 0 amide bonds. The zero-order valence-corrected chi connectivity index (χ0v) is 13.0. The summed E-state index contributed by atoms with van der Waals surface area (Å²) >= 11 is 0. The molecule has 1 aliphatic carbocycles. The van der Waals surface area contributed by atoms with E-state index in [2.05, 4.69) is 4.74 Å². The van der Waals surface area contributed by atoms with E-state index < -0.39 is 11.8 Å². The molecule has 0 N–H and O–H groups in total. The smallest absolute Gasteiger partial charge is 0.337 e. The van der Waals surface area contributed by atoms with Crippen LogP contribution in [-0.2, 0) is 4.74 Å². The van der Waals surface area contributed by atoms with Crippen LogP contribution < -0.4 is 4.74 Å². The van der Waals surface area contributed by atoms with Crippen LogP contribution in [0, 0.1) is 5.82 Å². The second-order valence-electron chi connectivity index (χ2n) is 5.79. The summed E-state index contributed by atoms with van der Waals surface area (Å²) in [7, 11) is 1.26. The van der Waals surface area contributed by atoms with E-state index in [0.717, 1.165) is 6.07 Å². The highest BCUT2D eigenvalue weighted by Gasteiger charge is 2.17. The minimum absolute atomic E-state index is 0.0891. The van der Waals surface area contributed by atoms with Crippen LogP contribution in [-0.4, -0.2) is 13.1 Å². The maximum Gasteiger partial charge on any atom is 0.337 e. The number of hydrogen-bond donors (Lipinski definition) is 0. The van der Waals surface area contributed by atoms with Crippen molar-refractivity contribution in [3.05, 3.63) is 59.4 Å². The van der Waals surface area contributed by atoms with Crippen molar-refractivity contribution in [2.75, 3.05) is 7.11 Å². The molecule has 3 rings (SSSR count). The number of carbonyl (C=O) groups is 1. The lowest BCUT2D eigenvalue weighted by Crippen LogP contribution is -2.02. The predicted molar refractivity (Wildman–Crippen MR) is 85.5 cm³/mol. The molecule has 0 saturated heterocycles. The first kappa shape index (κ1) is 15.5. The van der Waals surface area contributed by atoms with Gasteiger partial charge in [-0.1, -0.05) is 25.0 Å². The summed E-state index contributed by atoms with van der Waals surface area (Å²) in [5.74, 6) is 0.145. The molecule has 2 aromatic rings. The average Bonchev–Trinajstić information content (AvgIpc) is 3.11. The zero-order valence-electron chi connectivity index (χ0n) is 13.0. The number of benzene rings is 2. The minimum atomic E-state index is -0.590. The quantitative estimate of drug-likeness (QED) is 0.740. The van der Waals surface area contributed by atoms with Crippen molar-refractivity contribution in [2.45, 2.75) is 31.6 Å². The van der Waals surface area contributed by atoms with Gasteiger partial charge in [0.1, 0.15) is 5.75 Å². The van der Waals surface area contributed by atoms with Gasteiger partial charge in [-0.25, -0.2) is 9.18 Å². The maximum absolute atomic E-state index is 14.0. The molecule has 120 valence electrons. The fourth-order valence-electron chi connectivity index (χ4n) is 3.02. The van der Waals surface area contributed by atoms with Gasteiger partial charge < -0.3 is 9.47 Å². The number of halogens is 1. The van der Waals surface area contributed by atoms with Gasteiger partial charge in [0, 0.05) is 0 Å². The summed E-state index contributed by atoms with van der Waals surface area (Å²) in [6, 6.07) is 11.9. The maximum atomic E-state index is 14.0. The second kappa shape index (κ2) is 6.82. The van der Waals surface area contributed by atoms with Crippen molar-refractivity contribution >= 4 is 5.97 Å². The van der Waals surface area contributed by atoms with E-state index >= 15 is 0 Å². The van der Waals surface area contributed by atoms with Gasteiger partial charge in [0.15, 0.2) is 11.6 Å². The normalized spacial score (nSPS) is 14.7. The fraction of sp³-hybridized carbons (Fsp3) is 0.316. The van der Waals surface area contributed by atoms with Crippen LogP contribution in [0.2, 0.25) is 0 Å².